The van der Waals surface area contributed by atoms with Crippen LogP contribution in [-0.2, 0) is 9.84 Å². The molecule has 1 aromatic heterocycles. The van der Waals surface area contributed by atoms with Crippen LogP contribution in [0.5, 0.6) is 0 Å². The number of aromatic carboxylic acids is 1. The van der Waals surface area contributed by atoms with Crippen molar-refractivity contribution in [1.82, 2.24) is 4.98 Å². The van der Waals surface area contributed by atoms with Crippen LogP contribution in [0.4, 0.5) is 0 Å². The molecule has 5 nitrogen and oxygen atoms in total. The number of aryl methyl sites for hydroxylation is 1. The number of benzene rings is 1. The Labute approximate surface area is 127 Å². The van der Waals surface area contributed by atoms with Gasteiger partial charge >= 0.3 is 5.97 Å². The first-order valence-corrected chi connectivity index (χ1v) is 8.66. The molecule has 0 fully saturated rings. The van der Waals surface area contributed by atoms with Crippen molar-refractivity contribution in [2.75, 3.05) is 6.26 Å². The molecule has 1 N–H and O–H groups in total. The Morgan fingerprint density at radius 3 is 2.62 bits per heavy atom. The van der Waals surface area contributed by atoms with Crippen molar-refractivity contribution in [2.45, 2.75) is 21.7 Å². The largest absolute Gasteiger partial charge is 0.478 e. The van der Waals surface area contributed by atoms with Gasteiger partial charge in [-0.15, -0.1) is 0 Å². The lowest BCUT2D eigenvalue weighted by atomic mass is 10.1. The van der Waals surface area contributed by atoms with Gasteiger partial charge in [-0.3, -0.25) is 0 Å². The molecule has 7 heteroatoms. The molecular weight excluding hydrogens is 310 g/mol. The summed E-state index contributed by atoms with van der Waals surface area (Å²) in [4.78, 5) is 16.0. The smallest absolute Gasteiger partial charge is 0.335 e. The van der Waals surface area contributed by atoms with Gasteiger partial charge in [0.15, 0.2) is 9.84 Å². The topological polar surface area (TPSA) is 84.3 Å². The van der Waals surface area contributed by atoms with Crippen LogP contribution in [0.3, 0.4) is 0 Å². The second-order valence-electron chi connectivity index (χ2n) is 4.46. The minimum absolute atomic E-state index is 0.132. The lowest BCUT2D eigenvalue weighted by Gasteiger charge is -2.08. The summed E-state index contributed by atoms with van der Waals surface area (Å²) in [5.74, 6) is -1.01. The van der Waals surface area contributed by atoms with E-state index < -0.39 is 15.8 Å². The first-order valence-electron chi connectivity index (χ1n) is 5.96. The van der Waals surface area contributed by atoms with E-state index in [1.54, 1.807) is 25.1 Å². The normalized spacial score (nSPS) is 11.3. The number of aromatic nitrogens is 1. The average Bonchev–Trinajstić information content (AvgIpc) is 2.40. The summed E-state index contributed by atoms with van der Waals surface area (Å²) in [6.45, 7) is 1.71. The number of nitrogens with zero attached hydrogens (tertiary/aromatic N) is 1. The van der Waals surface area contributed by atoms with Gasteiger partial charge in [0.1, 0.15) is 5.03 Å². The van der Waals surface area contributed by atoms with Crippen LogP contribution in [0.2, 0.25) is 0 Å². The first-order chi connectivity index (χ1) is 9.79. The van der Waals surface area contributed by atoms with E-state index in [1.165, 1.54) is 18.3 Å². The van der Waals surface area contributed by atoms with Gasteiger partial charge in [0.25, 0.3) is 0 Å². The predicted octanol–water partition coefficient (Wildman–Crippen LogP) is 2.64. The van der Waals surface area contributed by atoms with E-state index in [9.17, 15) is 13.2 Å². The van der Waals surface area contributed by atoms with Crippen LogP contribution < -0.4 is 0 Å². The van der Waals surface area contributed by atoms with Gasteiger partial charge in [0.05, 0.1) is 10.5 Å². The van der Waals surface area contributed by atoms with Crippen molar-refractivity contribution >= 4 is 27.6 Å². The van der Waals surface area contributed by atoms with E-state index in [4.69, 9.17) is 5.11 Å². The number of pyridine rings is 1. The Morgan fingerprint density at radius 2 is 2.00 bits per heavy atom. The number of hydrogen-bond acceptors (Lipinski definition) is 5. The number of carboxylic acid groups (broad SMARTS) is 1. The molecule has 0 aliphatic heterocycles. The molecule has 0 amide bonds. The number of carboxylic acids is 1. The maximum atomic E-state index is 11.7. The molecule has 21 heavy (non-hydrogen) atoms. The summed E-state index contributed by atoms with van der Waals surface area (Å²) in [6.07, 6.45) is 2.62. The lowest BCUT2D eigenvalue weighted by molar-refractivity contribution is 0.0696. The molecule has 0 spiro atoms. The number of sulfone groups is 1. The molecule has 0 saturated heterocycles. The van der Waals surface area contributed by atoms with Gasteiger partial charge < -0.3 is 5.11 Å². The van der Waals surface area contributed by atoms with E-state index in [-0.39, 0.29) is 10.5 Å². The van der Waals surface area contributed by atoms with Crippen molar-refractivity contribution in [3.05, 3.63) is 47.7 Å². The fourth-order valence-corrected chi connectivity index (χ4v) is 3.83. The minimum Gasteiger partial charge on any atom is -0.478 e. The van der Waals surface area contributed by atoms with Crippen LogP contribution >= 0.6 is 11.8 Å². The molecular formula is C14H13NO4S2. The quantitative estimate of drug-likeness (QED) is 0.931. The molecule has 2 aromatic rings. The summed E-state index contributed by atoms with van der Waals surface area (Å²) in [5.41, 5.74) is 0.841. The third kappa shape index (κ3) is 3.62. The zero-order chi connectivity index (χ0) is 15.6. The zero-order valence-corrected chi connectivity index (χ0v) is 13.0. The molecule has 0 unspecified atom stereocenters. The summed E-state index contributed by atoms with van der Waals surface area (Å²) in [5, 5.41) is 9.45. The highest BCUT2D eigenvalue weighted by Gasteiger charge is 2.16. The van der Waals surface area contributed by atoms with E-state index in [0.29, 0.717) is 15.5 Å². The second kappa shape index (κ2) is 5.87. The second-order valence-corrected chi connectivity index (χ2v) is 7.51. The van der Waals surface area contributed by atoms with Gasteiger partial charge in [-0.25, -0.2) is 18.2 Å². The summed E-state index contributed by atoms with van der Waals surface area (Å²) in [7, 11) is -3.39. The summed E-state index contributed by atoms with van der Waals surface area (Å²) < 4.78 is 23.5. The van der Waals surface area contributed by atoms with Crippen molar-refractivity contribution < 1.29 is 18.3 Å². The Morgan fingerprint density at radius 1 is 1.29 bits per heavy atom. The van der Waals surface area contributed by atoms with Crippen molar-refractivity contribution in [1.29, 1.82) is 0 Å². The van der Waals surface area contributed by atoms with Gasteiger partial charge in [-0.05, 0) is 36.8 Å². The standard InChI is InChI=1S/C14H13NO4S2/c1-9-5-6-10(8-11(9)14(16)17)20-13-12(21(2,18)19)4-3-7-15-13/h3-8H,1-2H3,(H,16,17). The van der Waals surface area contributed by atoms with E-state index in [1.807, 2.05) is 0 Å². The molecule has 110 valence electrons. The van der Waals surface area contributed by atoms with Crippen LogP contribution in [0, 0.1) is 6.92 Å². The van der Waals surface area contributed by atoms with Crippen LogP contribution in [0.25, 0.3) is 0 Å². The number of carbonyl (C=O) groups is 1. The van der Waals surface area contributed by atoms with Crippen molar-refractivity contribution in [2.24, 2.45) is 0 Å². The van der Waals surface area contributed by atoms with E-state index >= 15 is 0 Å². The highest BCUT2D eigenvalue weighted by atomic mass is 32.2. The highest BCUT2D eigenvalue weighted by Crippen LogP contribution is 2.32. The van der Waals surface area contributed by atoms with Gasteiger partial charge in [-0.2, -0.15) is 0 Å². The molecule has 1 aromatic carbocycles. The summed E-state index contributed by atoms with van der Waals surface area (Å²) in [6, 6.07) is 7.99. The van der Waals surface area contributed by atoms with E-state index in [0.717, 1.165) is 18.0 Å². The molecule has 0 radical (unpaired) electrons. The lowest BCUT2D eigenvalue weighted by Crippen LogP contribution is -2.01. The molecule has 0 aliphatic rings. The average molecular weight is 323 g/mol. The Bertz CT molecular complexity index is 800. The van der Waals surface area contributed by atoms with Crippen molar-refractivity contribution in [3.63, 3.8) is 0 Å². The molecule has 0 bridgehead atoms. The molecule has 0 aliphatic carbocycles. The van der Waals surface area contributed by atoms with Crippen LogP contribution in [0.1, 0.15) is 15.9 Å². The van der Waals surface area contributed by atoms with Gasteiger partial charge in [0.2, 0.25) is 0 Å². The fourth-order valence-electron chi connectivity index (χ4n) is 1.74. The maximum Gasteiger partial charge on any atom is 0.335 e. The number of hydrogen-bond donors (Lipinski definition) is 1. The Hall–Kier alpha value is -1.86. The van der Waals surface area contributed by atoms with Crippen molar-refractivity contribution in [3.8, 4) is 0 Å². The predicted molar refractivity (Wildman–Crippen MR) is 79.6 cm³/mol. The fraction of sp³-hybridized carbons (Fsp3) is 0.143. The Balaban J connectivity index is 2.45. The van der Waals surface area contributed by atoms with Crippen LogP contribution in [-0.4, -0.2) is 30.7 Å². The number of rotatable bonds is 4. The maximum absolute atomic E-state index is 11.7. The van der Waals surface area contributed by atoms with Crippen LogP contribution in [0.15, 0.2) is 51.3 Å². The van der Waals surface area contributed by atoms with E-state index in [2.05, 4.69) is 4.98 Å². The van der Waals surface area contributed by atoms with Gasteiger partial charge in [-0.1, -0.05) is 17.8 Å². The summed E-state index contributed by atoms with van der Waals surface area (Å²) >= 11 is 1.13. The molecule has 0 atom stereocenters. The molecule has 2 rings (SSSR count). The Kier molecular flexibility index (Phi) is 4.34. The highest BCUT2D eigenvalue weighted by molar-refractivity contribution is 8.00. The third-order valence-corrected chi connectivity index (χ3v) is 5.06. The monoisotopic (exact) mass is 323 g/mol. The molecule has 0 saturated carbocycles. The SMILES string of the molecule is Cc1ccc(Sc2ncccc2S(C)(=O)=O)cc1C(=O)O. The van der Waals surface area contributed by atoms with Gasteiger partial charge in [0, 0.05) is 17.3 Å². The minimum atomic E-state index is -3.39. The zero-order valence-electron chi connectivity index (χ0n) is 11.4. The molecule has 1 heterocycles. The third-order valence-electron chi connectivity index (χ3n) is 2.79. The first kappa shape index (κ1) is 15.5.